The first-order valence-electron chi connectivity index (χ1n) is 7.10. The highest BCUT2D eigenvalue weighted by atomic mass is 32.1. The maximum Gasteiger partial charge on any atom is 0.186 e. The summed E-state index contributed by atoms with van der Waals surface area (Å²) < 4.78 is 0. The first-order valence-corrected chi connectivity index (χ1v) is 8.79. The molecule has 0 amide bonds. The SMILES string of the molecule is CC1c2ccsc2CCN1c1nc2c(s1)CCCC2=O. The van der Waals surface area contributed by atoms with Crippen LogP contribution < -0.4 is 4.90 Å². The number of carbonyl (C=O) groups is 1. The van der Waals surface area contributed by atoms with Gasteiger partial charge in [0.1, 0.15) is 5.69 Å². The molecule has 4 rings (SSSR count). The van der Waals surface area contributed by atoms with Crippen molar-refractivity contribution in [3.05, 3.63) is 32.5 Å². The number of thiophene rings is 1. The van der Waals surface area contributed by atoms with Crippen molar-refractivity contribution >= 4 is 33.6 Å². The number of rotatable bonds is 1. The van der Waals surface area contributed by atoms with Gasteiger partial charge in [-0.3, -0.25) is 4.79 Å². The smallest absolute Gasteiger partial charge is 0.186 e. The van der Waals surface area contributed by atoms with Gasteiger partial charge in [0.05, 0.1) is 6.04 Å². The standard InChI is InChI=1S/C15H16N2OS2/c1-9-10-6-8-19-12(10)5-7-17(9)15-16-14-11(18)3-2-4-13(14)20-15/h6,8-9H,2-5,7H2,1H3. The number of Topliss-reactive ketones (excluding diaryl/α,β-unsaturated/α-hetero) is 1. The summed E-state index contributed by atoms with van der Waals surface area (Å²) >= 11 is 3.58. The molecule has 5 heteroatoms. The molecule has 1 aliphatic carbocycles. The van der Waals surface area contributed by atoms with Gasteiger partial charge in [-0.1, -0.05) is 0 Å². The Kier molecular flexibility index (Phi) is 2.93. The van der Waals surface area contributed by atoms with E-state index >= 15 is 0 Å². The quantitative estimate of drug-likeness (QED) is 0.802. The van der Waals surface area contributed by atoms with Crippen molar-refractivity contribution in [2.24, 2.45) is 0 Å². The minimum Gasteiger partial charge on any atom is -0.341 e. The monoisotopic (exact) mass is 304 g/mol. The maximum atomic E-state index is 11.9. The average Bonchev–Trinajstić information content (AvgIpc) is 3.06. The molecule has 0 radical (unpaired) electrons. The minimum absolute atomic E-state index is 0.231. The zero-order chi connectivity index (χ0) is 13.7. The molecule has 3 nitrogen and oxygen atoms in total. The number of aromatic nitrogens is 1. The Morgan fingerprint density at radius 2 is 2.20 bits per heavy atom. The third-order valence-corrected chi connectivity index (χ3v) is 6.43. The predicted octanol–water partition coefficient (Wildman–Crippen LogP) is 3.85. The number of ketones is 1. The van der Waals surface area contributed by atoms with Crippen molar-refractivity contribution in [2.45, 2.75) is 38.6 Å². The number of fused-ring (bicyclic) bond motifs is 2. The van der Waals surface area contributed by atoms with E-state index in [4.69, 9.17) is 0 Å². The summed E-state index contributed by atoms with van der Waals surface area (Å²) in [6.07, 6.45) is 3.76. The summed E-state index contributed by atoms with van der Waals surface area (Å²) in [5.41, 5.74) is 2.18. The molecule has 0 aromatic carbocycles. The van der Waals surface area contributed by atoms with Crippen LogP contribution in [0, 0.1) is 0 Å². The summed E-state index contributed by atoms with van der Waals surface area (Å²) in [6.45, 7) is 3.25. The summed E-state index contributed by atoms with van der Waals surface area (Å²) in [5, 5.41) is 3.22. The molecule has 0 fully saturated rings. The number of nitrogens with zero attached hydrogens (tertiary/aromatic N) is 2. The van der Waals surface area contributed by atoms with Crippen LogP contribution in [0.1, 0.15) is 51.6 Å². The van der Waals surface area contributed by atoms with Gasteiger partial charge >= 0.3 is 0 Å². The average molecular weight is 304 g/mol. The molecule has 0 bridgehead atoms. The van der Waals surface area contributed by atoms with Crippen molar-refractivity contribution in [1.29, 1.82) is 0 Å². The number of hydrogen-bond donors (Lipinski definition) is 0. The topological polar surface area (TPSA) is 33.2 Å². The van der Waals surface area contributed by atoms with Crippen molar-refractivity contribution in [1.82, 2.24) is 4.98 Å². The van der Waals surface area contributed by atoms with Gasteiger partial charge in [-0.15, -0.1) is 22.7 Å². The molecule has 2 aromatic rings. The van der Waals surface area contributed by atoms with Crippen LogP contribution in [-0.4, -0.2) is 17.3 Å². The second kappa shape index (κ2) is 4.67. The number of carbonyl (C=O) groups excluding carboxylic acids is 1. The molecule has 3 heterocycles. The van der Waals surface area contributed by atoms with Crippen molar-refractivity contribution in [2.75, 3.05) is 11.4 Å². The Hall–Kier alpha value is -1.20. The van der Waals surface area contributed by atoms with E-state index in [2.05, 4.69) is 28.3 Å². The zero-order valence-electron chi connectivity index (χ0n) is 11.4. The zero-order valence-corrected chi connectivity index (χ0v) is 13.0. The Balaban J connectivity index is 1.70. The molecule has 1 aliphatic heterocycles. The predicted molar refractivity (Wildman–Crippen MR) is 83.2 cm³/mol. The number of anilines is 1. The van der Waals surface area contributed by atoms with Crippen LogP contribution in [0.15, 0.2) is 11.4 Å². The van der Waals surface area contributed by atoms with E-state index in [1.165, 1.54) is 15.3 Å². The Bertz CT molecular complexity index is 673. The van der Waals surface area contributed by atoms with Gasteiger partial charge in [0.15, 0.2) is 10.9 Å². The molecule has 1 unspecified atom stereocenters. The number of thiazole rings is 1. The van der Waals surface area contributed by atoms with Gasteiger partial charge in [-0.05, 0) is 43.2 Å². The van der Waals surface area contributed by atoms with E-state index in [1.54, 1.807) is 11.3 Å². The normalized spacial score (nSPS) is 21.8. The summed E-state index contributed by atoms with van der Waals surface area (Å²) in [7, 11) is 0. The van der Waals surface area contributed by atoms with Gasteiger partial charge in [0.2, 0.25) is 0 Å². The number of aryl methyl sites for hydroxylation is 1. The summed E-state index contributed by atoms with van der Waals surface area (Å²) in [5.74, 6) is 0.231. The lowest BCUT2D eigenvalue weighted by Crippen LogP contribution is -2.33. The summed E-state index contributed by atoms with van der Waals surface area (Å²) in [6, 6.07) is 2.60. The molecular weight excluding hydrogens is 288 g/mol. The van der Waals surface area contributed by atoms with E-state index in [-0.39, 0.29) is 5.78 Å². The molecule has 2 aliphatic rings. The molecular formula is C15H16N2OS2. The van der Waals surface area contributed by atoms with Gasteiger partial charge in [0.25, 0.3) is 0 Å². The lowest BCUT2D eigenvalue weighted by Gasteiger charge is -2.33. The fourth-order valence-electron chi connectivity index (χ4n) is 3.15. The minimum atomic E-state index is 0.231. The Labute approximate surface area is 126 Å². The number of hydrogen-bond acceptors (Lipinski definition) is 5. The lowest BCUT2D eigenvalue weighted by molar-refractivity contribution is 0.0968. The first kappa shape index (κ1) is 12.5. The van der Waals surface area contributed by atoms with Crippen molar-refractivity contribution < 1.29 is 4.79 Å². The van der Waals surface area contributed by atoms with Crippen LogP contribution in [0.25, 0.3) is 0 Å². The Morgan fingerprint density at radius 1 is 1.30 bits per heavy atom. The molecule has 20 heavy (non-hydrogen) atoms. The molecule has 2 aromatic heterocycles. The van der Waals surface area contributed by atoms with Crippen molar-refractivity contribution in [3.8, 4) is 0 Å². The van der Waals surface area contributed by atoms with Crippen LogP contribution in [-0.2, 0) is 12.8 Å². The fraction of sp³-hybridized carbons (Fsp3) is 0.467. The fourth-order valence-corrected chi connectivity index (χ4v) is 5.34. The van der Waals surface area contributed by atoms with E-state index in [0.29, 0.717) is 12.5 Å². The highest BCUT2D eigenvalue weighted by Gasteiger charge is 2.29. The lowest BCUT2D eigenvalue weighted by atomic mass is 10.0. The summed E-state index contributed by atoms with van der Waals surface area (Å²) in [4.78, 5) is 21.7. The van der Waals surface area contributed by atoms with Gasteiger partial charge in [-0.25, -0.2) is 4.98 Å². The van der Waals surface area contributed by atoms with Crippen LogP contribution in [0.4, 0.5) is 5.13 Å². The molecule has 0 N–H and O–H groups in total. The van der Waals surface area contributed by atoms with Crippen LogP contribution >= 0.6 is 22.7 Å². The maximum absolute atomic E-state index is 11.9. The van der Waals surface area contributed by atoms with Gasteiger partial charge < -0.3 is 4.90 Å². The van der Waals surface area contributed by atoms with Gasteiger partial charge in [0, 0.05) is 22.7 Å². The van der Waals surface area contributed by atoms with E-state index < -0.39 is 0 Å². The third-order valence-electron chi connectivity index (χ3n) is 4.28. The molecule has 0 saturated carbocycles. The molecule has 0 spiro atoms. The molecule has 1 atom stereocenters. The third kappa shape index (κ3) is 1.84. The van der Waals surface area contributed by atoms with E-state index in [9.17, 15) is 4.79 Å². The van der Waals surface area contributed by atoms with Crippen molar-refractivity contribution in [3.63, 3.8) is 0 Å². The molecule has 0 saturated heterocycles. The Morgan fingerprint density at radius 3 is 3.05 bits per heavy atom. The highest BCUT2D eigenvalue weighted by Crippen LogP contribution is 2.39. The van der Waals surface area contributed by atoms with E-state index in [1.807, 2.05) is 11.3 Å². The highest BCUT2D eigenvalue weighted by molar-refractivity contribution is 7.16. The first-order chi connectivity index (χ1) is 9.74. The molecule has 104 valence electrons. The second-order valence-electron chi connectivity index (χ2n) is 5.46. The second-order valence-corrected chi connectivity index (χ2v) is 7.53. The van der Waals surface area contributed by atoms with Crippen LogP contribution in [0.5, 0.6) is 0 Å². The largest absolute Gasteiger partial charge is 0.341 e. The van der Waals surface area contributed by atoms with E-state index in [0.717, 1.165) is 36.6 Å². The van der Waals surface area contributed by atoms with Crippen LogP contribution in [0.2, 0.25) is 0 Å². The van der Waals surface area contributed by atoms with Gasteiger partial charge in [-0.2, -0.15) is 0 Å². The van der Waals surface area contributed by atoms with Crippen LogP contribution in [0.3, 0.4) is 0 Å².